The fraction of sp³-hybridized carbons (Fsp3) is 0.111. The number of alkyl halides is 3. The molecule has 0 fully saturated rings. The number of hydrogen-bond donors (Lipinski definition) is 1. The van der Waals surface area contributed by atoms with Crippen molar-refractivity contribution in [3.8, 4) is 10.6 Å². The van der Waals surface area contributed by atoms with Crippen LogP contribution in [0, 0.1) is 0 Å². The van der Waals surface area contributed by atoms with Crippen LogP contribution in [0.2, 0.25) is 0 Å². The third-order valence-corrected chi connectivity index (χ3v) is 3.40. The summed E-state index contributed by atoms with van der Waals surface area (Å²) in [6, 6.07) is 3.83. The van der Waals surface area contributed by atoms with E-state index in [1.165, 1.54) is 12.1 Å². The van der Waals surface area contributed by atoms with E-state index in [2.05, 4.69) is 26.1 Å². The van der Waals surface area contributed by atoms with Gasteiger partial charge in [0.1, 0.15) is 0 Å². The van der Waals surface area contributed by atoms with Crippen LogP contribution in [0.5, 0.6) is 0 Å². The number of aromatic nitrogens is 2. The Morgan fingerprint density at radius 3 is 2.47 bits per heavy atom. The van der Waals surface area contributed by atoms with E-state index in [0.29, 0.717) is 4.47 Å². The molecule has 1 heterocycles. The maximum absolute atomic E-state index is 12.8. The first kappa shape index (κ1) is 12.3. The molecule has 0 aliphatic rings. The van der Waals surface area contributed by atoms with Gasteiger partial charge in [-0.05, 0) is 12.1 Å². The van der Waals surface area contributed by atoms with Crippen LogP contribution in [-0.2, 0) is 6.18 Å². The van der Waals surface area contributed by atoms with Crippen molar-refractivity contribution in [1.82, 2.24) is 10.2 Å². The molecule has 2 N–H and O–H groups in total. The lowest BCUT2D eigenvalue weighted by molar-refractivity contribution is -0.137. The molecule has 0 unspecified atom stereocenters. The van der Waals surface area contributed by atoms with Gasteiger partial charge in [0.2, 0.25) is 5.13 Å². The molecule has 0 saturated heterocycles. The molecule has 3 nitrogen and oxygen atoms in total. The number of halogens is 4. The highest BCUT2D eigenvalue weighted by Gasteiger charge is 2.35. The summed E-state index contributed by atoms with van der Waals surface area (Å²) in [5.74, 6) is 0. The summed E-state index contributed by atoms with van der Waals surface area (Å²) < 4.78 is 38.8. The van der Waals surface area contributed by atoms with Gasteiger partial charge in [-0.3, -0.25) is 0 Å². The molecule has 1 aromatic heterocycles. The lowest BCUT2D eigenvalue weighted by Gasteiger charge is -2.11. The van der Waals surface area contributed by atoms with Crippen molar-refractivity contribution in [3.63, 3.8) is 0 Å². The van der Waals surface area contributed by atoms with Gasteiger partial charge in [0.05, 0.1) is 5.56 Å². The molecule has 0 aliphatic carbocycles. The summed E-state index contributed by atoms with van der Waals surface area (Å²) in [5.41, 5.74) is 4.58. The van der Waals surface area contributed by atoms with Crippen molar-refractivity contribution >= 4 is 32.4 Å². The summed E-state index contributed by atoms with van der Waals surface area (Å²) in [6.07, 6.45) is -4.44. The normalized spacial score (nSPS) is 11.8. The van der Waals surface area contributed by atoms with Crippen LogP contribution in [0.3, 0.4) is 0 Å². The number of rotatable bonds is 1. The number of nitrogens with two attached hydrogens (primary N) is 1. The van der Waals surface area contributed by atoms with E-state index in [-0.39, 0.29) is 15.7 Å². The molecular weight excluding hydrogens is 319 g/mol. The molecule has 0 saturated carbocycles. The summed E-state index contributed by atoms with van der Waals surface area (Å²) in [4.78, 5) is 0. The second-order valence-electron chi connectivity index (χ2n) is 3.11. The molecule has 2 aromatic rings. The van der Waals surface area contributed by atoms with Crippen LogP contribution in [-0.4, -0.2) is 10.2 Å². The number of nitrogens with zero attached hydrogens (tertiary/aromatic N) is 2. The van der Waals surface area contributed by atoms with E-state index in [1.807, 2.05) is 0 Å². The zero-order valence-corrected chi connectivity index (χ0v) is 10.5. The van der Waals surface area contributed by atoms with Crippen molar-refractivity contribution < 1.29 is 13.2 Å². The minimum Gasteiger partial charge on any atom is -0.374 e. The van der Waals surface area contributed by atoms with Gasteiger partial charge in [-0.2, -0.15) is 13.2 Å². The lowest BCUT2D eigenvalue weighted by Crippen LogP contribution is -2.07. The molecule has 0 radical (unpaired) electrons. The Labute approximate surface area is 107 Å². The van der Waals surface area contributed by atoms with Crippen LogP contribution in [0.4, 0.5) is 18.3 Å². The Bertz CT molecular complexity index is 553. The van der Waals surface area contributed by atoms with Gasteiger partial charge in [0, 0.05) is 10.0 Å². The highest BCUT2D eigenvalue weighted by molar-refractivity contribution is 9.10. The zero-order chi connectivity index (χ0) is 12.6. The minimum atomic E-state index is -4.44. The maximum atomic E-state index is 12.8. The van der Waals surface area contributed by atoms with Crippen molar-refractivity contribution in [2.45, 2.75) is 6.18 Å². The zero-order valence-electron chi connectivity index (χ0n) is 8.12. The second kappa shape index (κ2) is 4.26. The fourth-order valence-electron chi connectivity index (χ4n) is 1.31. The standard InChI is InChI=1S/C9H5BrF3N3S/c10-5-3-1-2-4(9(11,12)13)6(5)7-15-16-8(14)17-7/h1-3H,(H2,14,16). The molecule has 90 valence electrons. The maximum Gasteiger partial charge on any atom is 0.417 e. The molecular formula is C9H5BrF3N3S. The average molecular weight is 324 g/mol. The van der Waals surface area contributed by atoms with E-state index >= 15 is 0 Å². The Kier molecular flexibility index (Phi) is 3.09. The third-order valence-electron chi connectivity index (χ3n) is 1.97. The predicted octanol–water partition coefficient (Wildman–Crippen LogP) is 3.57. The van der Waals surface area contributed by atoms with Crippen molar-refractivity contribution in [2.75, 3.05) is 5.73 Å². The quantitative estimate of drug-likeness (QED) is 0.872. The van der Waals surface area contributed by atoms with Gasteiger partial charge < -0.3 is 5.73 Å². The van der Waals surface area contributed by atoms with Gasteiger partial charge >= 0.3 is 6.18 Å². The van der Waals surface area contributed by atoms with Gasteiger partial charge in [-0.25, -0.2) is 0 Å². The molecule has 17 heavy (non-hydrogen) atoms. The van der Waals surface area contributed by atoms with Crippen LogP contribution in [0.15, 0.2) is 22.7 Å². The van der Waals surface area contributed by atoms with Crippen molar-refractivity contribution in [1.29, 1.82) is 0 Å². The molecule has 0 amide bonds. The number of benzene rings is 1. The monoisotopic (exact) mass is 323 g/mol. The van der Waals surface area contributed by atoms with E-state index in [4.69, 9.17) is 5.73 Å². The first-order chi connectivity index (χ1) is 7.89. The predicted molar refractivity (Wildman–Crippen MR) is 62.5 cm³/mol. The molecule has 2 rings (SSSR count). The van der Waals surface area contributed by atoms with Crippen LogP contribution < -0.4 is 5.73 Å². The van der Waals surface area contributed by atoms with E-state index in [9.17, 15) is 13.2 Å². The van der Waals surface area contributed by atoms with Gasteiger partial charge in [-0.1, -0.05) is 33.3 Å². The molecule has 0 aliphatic heterocycles. The lowest BCUT2D eigenvalue weighted by atomic mass is 10.1. The second-order valence-corrected chi connectivity index (χ2v) is 4.97. The fourth-order valence-corrected chi connectivity index (χ4v) is 2.68. The van der Waals surface area contributed by atoms with Gasteiger partial charge in [0.25, 0.3) is 0 Å². The Morgan fingerprint density at radius 2 is 1.94 bits per heavy atom. The smallest absolute Gasteiger partial charge is 0.374 e. The first-order valence-electron chi connectivity index (χ1n) is 4.34. The average Bonchev–Trinajstić information content (AvgIpc) is 2.63. The Hall–Kier alpha value is -1.15. The highest BCUT2D eigenvalue weighted by Crippen LogP contribution is 2.41. The first-order valence-corrected chi connectivity index (χ1v) is 5.95. The van der Waals surface area contributed by atoms with E-state index < -0.39 is 11.7 Å². The Morgan fingerprint density at radius 1 is 1.24 bits per heavy atom. The number of hydrogen-bond acceptors (Lipinski definition) is 4. The summed E-state index contributed by atoms with van der Waals surface area (Å²) in [6.45, 7) is 0. The SMILES string of the molecule is Nc1nnc(-c2c(Br)cccc2C(F)(F)F)s1. The van der Waals surface area contributed by atoms with Gasteiger partial charge in [-0.15, -0.1) is 10.2 Å². The highest BCUT2D eigenvalue weighted by atomic mass is 79.9. The minimum absolute atomic E-state index is 0.0331. The van der Waals surface area contributed by atoms with Crippen molar-refractivity contribution in [3.05, 3.63) is 28.2 Å². The molecule has 0 bridgehead atoms. The summed E-state index contributed by atoms with van der Waals surface area (Å²) in [5, 5.41) is 7.42. The largest absolute Gasteiger partial charge is 0.417 e. The van der Waals surface area contributed by atoms with Gasteiger partial charge in [0.15, 0.2) is 5.01 Å². The van der Waals surface area contributed by atoms with Crippen molar-refractivity contribution in [2.24, 2.45) is 0 Å². The summed E-state index contributed by atoms with van der Waals surface area (Å²) >= 11 is 3.99. The van der Waals surface area contributed by atoms with E-state index in [1.54, 1.807) is 0 Å². The van der Waals surface area contributed by atoms with Crippen LogP contribution in [0.1, 0.15) is 5.56 Å². The molecule has 8 heteroatoms. The summed E-state index contributed by atoms with van der Waals surface area (Å²) in [7, 11) is 0. The third kappa shape index (κ3) is 2.42. The molecule has 0 spiro atoms. The topological polar surface area (TPSA) is 51.8 Å². The molecule has 1 aromatic carbocycles. The van der Waals surface area contributed by atoms with Crippen LogP contribution >= 0.6 is 27.3 Å². The molecule has 0 atom stereocenters. The Balaban J connectivity index is 2.67. The number of anilines is 1. The van der Waals surface area contributed by atoms with E-state index in [0.717, 1.165) is 17.4 Å². The number of nitrogen functional groups attached to an aromatic ring is 1. The van der Waals surface area contributed by atoms with Crippen LogP contribution in [0.25, 0.3) is 10.6 Å².